The highest BCUT2D eigenvalue weighted by Crippen LogP contribution is 2.41. The molecule has 2 N–H and O–H groups in total. The van der Waals surface area contributed by atoms with Crippen molar-refractivity contribution >= 4 is 6.03 Å². The molecule has 3 rings (SSSR count). The van der Waals surface area contributed by atoms with Crippen molar-refractivity contribution in [1.29, 1.82) is 0 Å². The van der Waals surface area contributed by atoms with Crippen LogP contribution >= 0.6 is 0 Å². The molecular weight excluding hydrogens is 306 g/mol. The first-order valence-electron chi connectivity index (χ1n) is 8.38. The SMILES string of the molecule is CCn1cnnc1CNC(=O)N[C@H]1CC(C)(C)Cc2oc(C)cc21. The monoisotopic (exact) mass is 331 g/mol. The highest BCUT2D eigenvalue weighted by atomic mass is 16.3. The molecule has 0 spiro atoms. The van der Waals surface area contributed by atoms with Crippen molar-refractivity contribution in [1.82, 2.24) is 25.4 Å². The number of carbonyl (C=O) groups is 1. The van der Waals surface area contributed by atoms with Crippen molar-refractivity contribution in [3.63, 3.8) is 0 Å². The van der Waals surface area contributed by atoms with E-state index in [2.05, 4.69) is 34.7 Å². The minimum Gasteiger partial charge on any atom is -0.466 e. The second-order valence-electron chi connectivity index (χ2n) is 7.19. The van der Waals surface area contributed by atoms with Crippen LogP contribution in [0.3, 0.4) is 0 Å². The predicted molar refractivity (Wildman–Crippen MR) is 89.4 cm³/mol. The molecular formula is C17H25N5O2. The van der Waals surface area contributed by atoms with Crippen LogP contribution in [-0.4, -0.2) is 20.8 Å². The zero-order valence-electron chi connectivity index (χ0n) is 14.7. The number of hydrogen-bond acceptors (Lipinski definition) is 4. The summed E-state index contributed by atoms with van der Waals surface area (Å²) in [7, 11) is 0. The van der Waals surface area contributed by atoms with E-state index in [1.807, 2.05) is 24.5 Å². The van der Waals surface area contributed by atoms with Crippen LogP contribution in [0, 0.1) is 12.3 Å². The molecule has 0 unspecified atom stereocenters. The molecule has 7 nitrogen and oxygen atoms in total. The van der Waals surface area contributed by atoms with Gasteiger partial charge in [0.1, 0.15) is 17.8 Å². The molecule has 7 heteroatoms. The number of fused-ring (bicyclic) bond motifs is 1. The Morgan fingerprint density at radius 3 is 3.04 bits per heavy atom. The number of rotatable bonds is 4. The lowest BCUT2D eigenvalue weighted by Crippen LogP contribution is -2.41. The van der Waals surface area contributed by atoms with Crippen LogP contribution in [0.25, 0.3) is 0 Å². The molecule has 0 saturated heterocycles. The van der Waals surface area contributed by atoms with Gasteiger partial charge in [-0.2, -0.15) is 0 Å². The number of carbonyl (C=O) groups excluding carboxylic acids is 1. The van der Waals surface area contributed by atoms with Gasteiger partial charge in [-0.1, -0.05) is 13.8 Å². The van der Waals surface area contributed by atoms with Gasteiger partial charge in [0.2, 0.25) is 0 Å². The van der Waals surface area contributed by atoms with Crippen LogP contribution in [0.5, 0.6) is 0 Å². The zero-order valence-corrected chi connectivity index (χ0v) is 14.7. The molecule has 0 bridgehead atoms. The van der Waals surface area contributed by atoms with Gasteiger partial charge < -0.3 is 19.6 Å². The van der Waals surface area contributed by atoms with Gasteiger partial charge in [-0.05, 0) is 31.7 Å². The second kappa shape index (κ2) is 6.30. The lowest BCUT2D eigenvalue weighted by atomic mass is 9.75. The van der Waals surface area contributed by atoms with Crippen LogP contribution in [-0.2, 0) is 19.5 Å². The van der Waals surface area contributed by atoms with E-state index in [1.165, 1.54) is 0 Å². The standard InChI is InChI=1S/C17H25N5O2/c1-5-22-10-19-21-15(22)9-18-16(23)20-13-7-17(3,4)8-14-12(13)6-11(2)24-14/h6,10,13H,5,7-9H2,1-4H3,(H2,18,20,23)/t13-/m0/s1. The lowest BCUT2D eigenvalue weighted by molar-refractivity contribution is 0.214. The fourth-order valence-corrected chi connectivity index (χ4v) is 3.36. The van der Waals surface area contributed by atoms with Crippen molar-refractivity contribution in [3.8, 4) is 0 Å². The van der Waals surface area contributed by atoms with Crippen molar-refractivity contribution in [2.75, 3.05) is 0 Å². The number of amides is 2. The smallest absolute Gasteiger partial charge is 0.315 e. The van der Waals surface area contributed by atoms with E-state index in [-0.39, 0.29) is 17.5 Å². The molecule has 2 heterocycles. The van der Waals surface area contributed by atoms with E-state index in [9.17, 15) is 4.79 Å². The third-order valence-corrected chi connectivity index (χ3v) is 4.48. The Hall–Kier alpha value is -2.31. The Labute approximate surface area is 141 Å². The largest absolute Gasteiger partial charge is 0.466 e. The second-order valence-corrected chi connectivity index (χ2v) is 7.19. The summed E-state index contributed by atoms with van der Waals surface area (Å²) in [6, 6.07) is 1.79. The van der Waals surface area contributed by atoms with E-state index in [0.29, 0.717) is 6.54 Å². The summed E-state index contributed by atoms with van der Waals surface area (Å²) in [5.74, 6) is 2.62. The molecule has 130 valence electrons. The first-order chi connectivity index (χ1) is 11.4. The topological polar surface area (TPSA) is 85.0 Å². The molecule has 0 fully saturated rings. The summed E-state index contributed by atoms with van der Waals surface area (Å²) in [6.45, 7) is 9.49. The van der Waals surface area contributed by atoms with Gasteiger partial charge in [-0.3, -0.25) is 0 Å². The number of hydrogen-bond donors (Lipinski definition) is 2. The average molecular weight is 331 g/mol. The van der Waals surface area contributed by atoms with E-state index < -0.39 is 0 Å². The van der Waals surface area contributed by atoms with E-state index in [0.717, 1.165) is 42.3 Å². The fraction of sp³-hybridized carbons (Fsp3) is 0.588. The maximum Gasteiger partial charge on any atom is 0.315 e. The summed E-state index contributed by atoms with van der Waals surface area (Å²) >= 11 is 0. The fourth-order valence-electron chi connectivity index (χ4n) is 3.36. The Morgan fingerprint density at radius 1 is 1.50 bits per heavy atom. The summed E-state index contributed by atoms with van der Waals surface area (Å²) in [4.78, 5) is 12.3. The first kappa shape index (κ1) is 16.5. The third-order valence-electron chi connectivity index (χ3n) is 4.48. The minimum absolute atomic E-state index is 0.0368. The number of furan rings is 1. The normalized spacial score (nSPS) is 18.9. The van der Waals surface area contributed by atoms with E-state index in [4.69, 9.17) is 4.42 Å². The van der Waals surface area contributed by atoms with Crippen LogP contribution in [0.2, 0.25) is 0 Å². The molecule has 0 radical (unpaired) electrons. The van der Waals surface area contributed by atoms with Crippen LogP contribution in [0.1, 0.15) is 56.1 Å². The molecule has 0 aromatic carbocycles. The van der Waals surface area contributed by atoms with Crippen LogP contribution < -0.4 is 10.6 Å². The predicted octanol–water partition coefficient (Wildman–Crippen LogP) is 2.71. The Kier molecular flexibility index (Phi) is 4.34. The number of urea groups is 1. The maximum absolute atomic E-state index is 12.3. The van der Waals surface area contributed by atoms with Crippen LogP contribution in [0.15, 0.2) is 16.8 Å². The molecule has 24 heavy (non-hydrogen) atoms. The van der Waals surface area contributed by atoms with Crippen molar-refractivity contribution in [2.24, 2.45) is 5.41 Å². The van der Waals surface area contributed by atoms with Gasteiger partial charge in [0, 0.05) is 18.5 Å². The van der Waals surface area contributed by atoms with Gasteiger partial charge in [0.15, 0.2) is 5.82 Å². The molecule has 1 atom stereocenters. The van der Waals surface area contributed by atoms with Gasteiger partial charge in [-0.15, -0.1) is 10.2 Å². The summed E-state index contributed by atoms with van der Waals surface area (Å²) in [5, 5.41) is 13.8. The first-order valence-corrected chi connectivity index (χ1v) is 8.38. The maximum atomic E-state index is 12.3. The highest BCUT2D eigenvalue weighted by Gasteiger charge is 2.35. The molecule has 2 aromatic heterocycles. The molecule has 0 aliphatic heterocycles. The van der Waals surface area contributed by atoms with Gasteiger partial charge in [0.25, 0.3) is 0 Å². The van der Waals surface area contributed by atoms with Gasteiger partial charge in [-0.25, -0.2) is 4.79 Å². The number of nitrogens with zero attached hydrogens (tertiary/aromatic N) is 3. The van der Waals surface area contributed by atoms with Crippen molar-refractivity contribution < 1.29 is 9.21 Å². The van der Waals surface area contributed by atoms with Crippen molar-refractivity contribution in [3.05, 3.63) is 35.3 Å². The van der Waals surface area contributed by atoms with Crippen molar-refractivity contribution in [2.45, 2.75) is 59.7 Å². The van der Waals surface area contributed by atoms with Gasteiger partial charge >= 0.3 is 6.03 Å². The third kappa shape index (κ3) is 3.44. The van der Waals surface area contributed by atoms with E-state index in [1.54, 1.807) is 6.33 Å². The summed E-state index contributed by atoms with van der Waals surface area (Å²) in [6.07, 6.45) is 3.45. The zero-order chi connectivity index (χ0) is 17.3. The molecule has 0 saturated carbocycles. The quantitative estimate of drug-likeness (QED) is 0.902. The Morgan fingerprint density at radius 2 is 2.29 bits per heavy atom. The molecule has 2 aromatic rings. The number of nitrogens with one attached hydrogen (secondary N) is 2. The number of aromatic nitrogens is 3. The minimum atomic E-state index is -0.201. The van der Waals surface area contributed by atoms with Crippen LogP contribution in [0.4, 0.5) is 4.79 Å². The highest BCUT2D eigenvalue weighted by molar-refractivity contribution is 5.74. The Bertz CT molecular complexity index is 731. The average Bonchev–Trinajstić information content (AvgIpc) is 3.09. The van der Waals surface area contributed by atoms with E-state index >= 15 is 0 Å². The molecule has 1 aliphatic rings. The lowest BCUT2D eigenvalue weighted by Gasteiger charge is -2.34. The molecule has 2 amide bonds. The summed E-state index contributed by atoms with van der Waals surface area (Å²) < 4.78 is 7.71. The summed E-state index contributed by atoms with van der Waals surface area (Å²) in [5.41, 5.74) is 1.19. The Balaban J connectivity index is 1.65. The molecule has 1 aliphatic carbocycles. The van der Waals surface area contributed by atoms with Gasteiger partial charge in [0.05, 0.1) is 12.6 Å². The number of aryl methyl sites for hydroxylation is 2.